The Morgan fingerprint density at radius 2 is 1.55 bits per heavy atom. The molecule has 7 heteroatoms. The summed E-state index contributed by atoms with van der Waals surface area (Å²) in [5.41, 5.74) is 2.71. The van der Waals surface area contributed by atoms with E-state index in [0.717, 1.165) is 19.5 Å². The quantitative estimate of drug-likeness (QED) is 0.795. The summed E-state index contributed by atoms with van der Waals surface area (Å²) >= 11 is 0. The van der Waals surface area contributed by atoms with Gasteiger partial charge in [0, 0.05) is 38.2 Å². The molecule has 0 aromatic heterocycles. The number of sulfonamides is 1. The Hall–Kier alpha value is -2.22. The Labute approximate surface area is 172 Å². The average molecular weight is 415 g/mol. The van der Waals surface area contributed by atoms with Crippen LogP contribution < -0.4 is 4.90 Å². The number of hydrogen-bond acceptors (Lipinski definition) is 3. The molecule has 0 spiro atoms. The second-order valence-corrected chi connectivity index (χ2v) is 9.81. The first kappa shape index (κ1) is 20.1. The standard InChI is InChI=1S/C22H27N3O3S/c1-18(24-12-11-19-7-5-6-8-20(19)17-24)22(26)23-13-15-25(16-14-23)29(27,28)21-9-3-2-4-10-21/h2-10,18H,11-17H2,1H3/p+1/t18-/m0/s1. The summed E-state index contributed by atoms with van der Waals surface area (Å²) in [6.07, 6.45) is 0.992. The fourth-order valence-electron chi connectivity index (χ4n) is 4.31. The fraction of sp³-hybridized carbons (Fsp3) is 0.409. The van der Waals surface area contributed by atoms with Crippen molar-refractivity contribution >= 4 is 15.9 Å². The van der Waals surface area contributed by atoms with Crippen LogP contribution in [0.15, 0.2) is 59.5 Å². The van der Waals surface area contributed by atoms with E-state index in [1.165, 1.54) is 20.3 Å². The summed E-state index contributed by atoms with van der Waals surface area (Å²) in [5.74, 6) is 0.121. The first-order valence-corrected chi connectivity index (χ1v) is 11.7. The van der Waals surface area contributed by atoms with Gasteiger partial charge in [-0.15, -0.1) is 0 Å². The molecule has 2 aliphatic rings. The van der Waals surface area contributed by atoms with Crippen LogP contribution in [0.3, 0.4) is 0 Å². The van der Waals surface area contributed by atoms with Gasteiger partial charge in [0.15, 0.2) is 6.04 Å². The summed E-state index contributed by atoms with van der Waals surface area (Å²) < 4.78 is 27.0. The molecule has 4 rings (SSSR count). The van der Waals surface area contributed by atoms with E-state index in [2.05, 4.69) is 24.3 Å². The third kappa shape index (κ3) is 4.08. The average Bonchev–Trinajstić information content (AvgIpc) is 2.78. The number of rotatable bonds is 4. The molecule has 2 aliphatic heterocycles. The first-order valence-electron chi connectivity index (χ1n) is 10.2. The summed E-state index contributed by atoms with van der Waals surface area (Å²) in [6.45, 7) is 5.39. The number of nitrogens with one attached hydrogen (secondary N) is 1. The van der Waals surface area contributed by atoms with Gasteiger partial charge in [0.2, 0.25) is 10.0 Å². The smallest absolute Gasteiger partial charge is 0.280 e. The topological polar surface area (TPSA) is 62.1 Å². The molecular weight excluding hydrogens is 386 g/mol. The summed E-state index contributed by atoms with van der Waals surface area (Å²) in [4.78, 5) is 16.5. The van der Waals surface area contributed by atoms with Gasteiger partial charge in [0.25, 0.3) is 5.91 Å². The molecule has 2 atom stereocenters. The Morgan fingerprint density at radius 3 is 2.24 bits per heavy atom. The Bertz CT molecular complexity index is 970. The van der Waals surface area contributed by atoms with Crippen molar-refractivity contribution < 1.29 is 18.1 Å². The lowest BCUT2D eigenvalue weighted by molar-refractivity contribution is -0.930. The van der Waals surface area contributed by atoms with Gasteiger partial charge in [-0.05, 0) is 24.6 Å². The number of carbonyl (C=O) groups is 1. The first-order chi connectivity index (χ1) is 14.0. The highest BCUT2D eigenvalue weighted by molar-refractivity contribution is 7.89. The molecule has 2 aromatic rings. The third-order valence-electron chi connectivity index (χ3n) is 6.17. The van der Waals surface area contributed by atoms with Crippen molar-refractivity contribution in [2.75, 3.05) is 32.7 Å². The SMILES string of the molecule is C[C@@H](C(=O)N1CCN(S(=O)(=O)c2ccccc2)CC1)[NH+]1CCc2ccccc2C1. The number of benzene rings is 2. The molecule has 1 fully saturated rings. The second-order valence-electron chi connectivity index (χ2n) is 7.87. The van der Waals surface area contributed by atoms with E-state index in [0.29, 0.717) is 31.1 Å². The molecule has 2 aromatic carbocycles. The molecule has 6 nitrogen and oxygen atoms in total. The number of amides is 1. The maximum atomic E-state index is 13.1. The summed E-state index contributed by atoms with van der Waals surface area (Å²) in [6, 6.07) is 16.8. The van der Waals surface area contributed by atoms with Crippen LogP contribution in [-0.2, 0) is 27.8 Å². The Kier molecular flexibility index (Phi) is 5.72. The van der Waals surface area contributed by atoms with Gasteiger partial charge in [-0.1, -0.05) is 42.5 Å². The monoisotopic (exact) mass is 414 g/mol. The van der Waals surface area contributed by atoms with Gasteiger partial charge in [-0.3, -0.25) is 4.79 Å². The van der Waals surface area contributed by atoms with E-state index in [1.54, 1.807) is 30.3 Å². The van der Waals surface area contributed by atoms with Crippen LogP contribution in [0.1, 0.15) is 18.1 Å². The molecule has 1 unspecified atom stereocenters. The second kappa shape index (κ2) is 8.26. The Morgan fingerprint density at radius 1 is 0.931 bits per heavy atom. The van der Waals surface area contributed by atoms with Crippen molar-refractivity contribution in [3.8, 4) is 0 Å². The van der Waals surface area contributed by atoms with Gasteiger partial charge in [-0.2, -0.15) is 4.31 Å². The molecule has 0 saturated carbocycles. The van der Waals surface area contributed by atoms with Crippen LogP contribution in [0.5, 0.6) is 0 Å². The molecule has 0 aliphatic carbocycles. The van der Waals surface area contributed by atoms with Crippen molar-refractivity contribution in [2.24, 2.45) is 0 Å². The molecule has 0 bridgehead atoms. The predicted octanol–water partition coefficient (Wildman–Crippen LogP) is 0.549. The molecule has 1 N–H and O–H groups in total. The fourth-order valence-corrected chi connectivity index (χ4v) is 5.75. The number of piperazine rings is 1. The van der Waals surface area contributed by atoms with Gasteiger partial charge in [-0.25, -0.2) is 8.42 Å². The van der Waals surface area contributed by atoms with Crippen LogP contribution in [0.25, 0.3) is 0 Å². The van der Waals surface area contributed by atoms with Crippen LogP contribution >= 0.6 is 0 Å². The number of quaternary nitrogens is 1. The normalized spacial score (nSPS) is 21.4. The lowest BCUT2D eigenvalue weighted by Crippen LogP contribution is -3.16. The van der Waals surface area contributed by atoms with Crippen molar-refractivity contribution in [3.63, 3.8) is 0 Å². The van der Waals surface area contributed by atoms with Gasteiger partial charge >= 0.3 is 0 Å². The van der Waals surface area contributed by atoms with Crippen LogP contribution in [0.4, 0.5) is 0 Å². The summed E-state index contributed by atoms with van der Waals surface area (Å²) in [5, 5.41) is 0. The zero-order valence-corrected chi connectivity index (χ0v) is 17.6. The van der Waals surface area contributed by atoms with E-state index < -0.39 is 10.0 Å². The van der Waals surface area contributed by atoms with Crippen molar-refractivity contribution in [2.45, 2.75) is 30.8 Å². The zero-order valence-electron chi connectivity index (χ0n) is 16.8. The molecular formula is C22H28N3O3S+. The van der Waals surface area contributed by atoms with Gasteiger partial charge in [0.1, 0.15) is 6.54 Å². The molecule has 0 radical (unpaired) electrons. The van der Waals surface area contributed by atoms with Crippen LogP contribution in [0.2, 0.25) is 0 Å². The Balaban J connectivity index is 1.37. The van der Waals surface area contributed by atoms with Gasteiger partial charge < -0.3 is 9.80 Å². The number of fused-ring (bicyclic) bond motifs is 1. The minimum Gasteiger partial charge on any atom is -0.335 e. The highest BCUT2D eigenvalue weighted by Crippen LogP contribution is 2.17. The largest absolute Gasteiger partial charge is 0.335 e. The number of carbonyl (C=O) groups excluding carboxylic acids is 1. The number of nitrogens with zero attached hydrogens (tertiary/aromatic N) is 2. The van der Waals surface area contributed by atoms with E-state index in [4.69, 9.17) is 0 Å². The predicted molar refractivity (Wildman–Crippen MR) is 111 cm³/mol. The highest BCUT2D eigenvalue weighted by Gasteiger charge is 2.35. The number of hydrogen-bond donors (Lipinski definition) is 1. The van der Waals surface area contributed by atoms with Crippen LogP contribution in [-0.4, -0.2) is 62.3 Å². The molecule has 2 heterocycles. The highest BCUT2D eigenvalue weighted by atomic mass is 32.2. The van der Waals surface area contributed by atoms with Crippen molar-refractivity contribution in [3.05, 3.63) is 65.7 Å². The maximum Gasteiger partial charge on any atom is 0.280 e. The molecule has 1 saturated heterocycles. The molecule has 1 amide bonds. The van der Waals surface area contributed by atoms with E-state index in [9.17, 15) is 13.2 Å². The zero-order chi connectivity index (χ0) is 20.4. The van der Waals surface area contributed by atoms with Crippen molar-refractivity contribution in [1.29, 1.82) is 0 Å². The third-order valence-corrected chi connectivity index (χ3v) is 8.08. The molecule has 154 valence electrons. The van der Waals surface area contributed by atoms with Crippen LogP contribution in [0, 0.1) is 0 Å². The van der Waals surface area contributed by atoms with E-state index >= 15 is 0 Å². The lowest BCUT2D eigenvalue weighted by atomic mass is 9.98. The van der Waals surface area contributed by atoms with E-state index in [1.807, 2.05) is 11.8 Å². The van der Waals surface area contributed by atoms with Crippen molar-refractivity contribution in [1.82, 2.24) is 9.21 Å². The summed E-state index contributed by atoms with van der Waals surface area (Å²) in [7, 11) is -3.50. The minimum absolute atomic E-state index is 0.121. The van der Waals surface area contributed by atoms with E-state index in [-0.39, 0.29) is 11.9 Å². The lowest BCUT2D eigenvalue weighted by Gasteiger charge is -2.37. The molecule has 29 heavy (non-hydrogen) atoms. The van der Waals surface area contributed by atoms with Gasteiger partial charge in [0.05, 0.1) is 11.4 Å². The maximum absolute atomic E-state index is 13.1. The minimum atomic E-state index is -3.50.